The molecule has 0 aromatic heterocycles. The highest BCUT2D eigenvalue weighted by atomic mass is 32.1. The molecule has 0 saturated heterocycles. The van der Waals surface area contributed by atoms with Gasteiger partial charge >= 0.3 is 0 Å². The van der Waals surface area contributed by atoms with Gasteiger partial charge in [-0.2, -0.15) is 0 Å². The van der Waals surface area contributed by atoms with Crippen molar-refractivity contribution in [2.75, 3.05) is 11.9 Å². The van der Waals surface area contributed by atoms with Crippen molar-refractivity contribution >= 4 is 28.6 Å². The van der Waals surface area contributed by atoms with E-state index in [1.165, 1.54) is 12.1 Å². The molecular formula is C14H12N2O2S. The van der Waals surface area contributed by atoms with E-state index in [0.717, 1.165) is 5.56 Å². The molecule has 0 atom stereocenters. The zero-order valence-electron chi connectivity index (χ0n) is 10.3. The van der Waals surface area contributed by atoms with Crippen molar-refractivity contribution in [2.24, 2.45) is 0 Å². The van der Waals surface area contributed by atoms with Crippen molar-refractivity contribution in [3.8, 4) is 0 Å². The normalized spacial score (nSPS) is 9.95. The molecule has 2 rings (SSSR count). The molecule has 0 aliphatic carbocycles. The fourth-order valence-electron chi connectivity index (χ4n) is 1.71. The summed E-state index contributed by atoms with van der Waals surface area (Å²) in [5.41, 5.74) is 1.66. The molecule has 0 unspecified atom stereocenters. The first-order chi connectivity index (χ1) is 9.09. The maximum absolute atomic E-state index is 10.8. The van der Waals surface area contributed by atoms with Crippen LogP contribution >= 0.6 is 12.2 Å². The number of rotatable bonds is 3. The monoisotopic (exact) mass is 272 g/mol. The quantitative estimate of drug-likeness (QED) is 0.488. The minimum absolute atomic E-state index is 0.0558. The fraction of sp³-hybridized carbons (Fsp3) is 0.0714. The Balaban J connectivity index is 2.29. The molecule has 0 fully saturated rings. The van der Waals surface area contributed by atoms with Crippen LogP contribution in [0.5, 0.6) is 0 Å². The van der Waals surface area contributed by atoms with Gasteiger partial charge in [-0.1, -0.05) is 48.6 Å². The Morgan fingerprint density at radius 1 is 1.16 bits per heavy atom. The van der Waals surface area contributed by atoms with Crippen LogP contribution in [0.3, 0.4) is 0 Å². The van der Waals surface area contributed by atoms with E-state index in [-0.39, 0.29) is 5.69 Å². The van der Waals surface area contributed by atoms with E-state index < -0.39 is 4.92 Å². The van der Waals surface area contributed by atoms with E-state index in [9.17, 15) is 10.1 Å². The molecule has 0 aliphatic heterocycles. The van der Waals surface area contributed by atoms with Crippen molar-refractivity contribution < 1.29 is 4.92 Å². The average molecular weight is 272 g/mol. The molecule has 0 spiro atoms. The second kappa shape index (κ2) is 5.58. The summed E-state index contributed by atoms with van der Waals surface area (Å²) in [4.78, 5) is 12.7. The molecule has 5 heteroatoms. The van der Waals surface area contributed by atoms with Gasteiger partial charge in [0.15, 0.2) is 0 Å². The third-order valence-corrected chi connectivity index (χ3v) is 3.26. The van der Waals surface area contributed by atoms with Gasteiger partial charge in [0.05, 0.1) is 4.92 Å². The highest BCUT2D eigenvalue weighted by Crippen LogP contribution is 2.21. The maximum atomic E-state index is 10.8. The van der Waals surface area contributed by atoms with Gasteiger partial charge in [-0.25, -0.2) is 0 Å². The summed E-state index contributed by atoms with van der Waals surface area (Å²) in [6.45, 7) is 0. The third-order valence-electron chi connectivity index (χ3n) is 2.75. The van der Waals surface area contributed by atoms with Crippen LogP contribution in [-0.4, -0.2) is 17.0 Å². The van der Waals surface area contributed by atoms with Crippen molar-refractivity contribution in [1.29, 1.82) is 0 Å². The Morgan fingerprint density at radius 2 is 1.84 bits per heavy atom. The van der Waals surface area contributed by atoms with Gasteiger partial charge in [0.25, 0.3) is 5.69 Å². The van der Waals surface area contributed by atoms with E-state index in [0.29, 0.717) is 10.7 Å². The largest absolute Gasteiger partial charge is 0.335 e. The lowest BCUT2D eigenvalue weighted by molar-refractivity contribution is -0.384. The second-order valence-electron chi connectivity index (χ2n) is 4.01. The molecule has 2 aromatic rings. The number of nitrogens with zero attached hydrogens (tertiary/aromatic N) is 2. The first-order valence-electron chi connectivity index (χ1n) is 5.67. The SMILES string of the molecule is CN(C(=S)c1ccccc1)c1cccc([N+](=O)[O-])c1. The summed E-state index contributed by atoms with van der Waals surface area (Å²) in [6.07, 6.45) is 0. The molecule has 0 amide bonds. The molecule has 0 aliphatic rings. The molecule has 2 aromatic carbocycles. The first-order valence-corrected chi connectivity index (χ1v) is 6.08. The average Bonchev–Trinajstić information content (AvgIpc) is 2.46. The van der Waals surface area contributed by atoms with E-state index in [1.807, 2.05) is 30.3 Å². The zero-order chi connectivity index (χ0) is 13.8. The van der Waals surface area contributed by atoms with Crippen molar-refractivity contribution in [2.45, 2.75) is 0 Å². The van der Waals surface area contributed by atoms with Crippen LogP contribution in [0.2, 0.25) is 0 Å². The van der Waals surface area contributed by atoms with Crippen molar-refractivity contribution in [3.63, 3.8) is 0 Å². The maximum Gasteiger partial charge on any atom is 0.271 e. The molecule has 0 heterocycles. The minimum Gasteiger partial charge on any atom is -0.335 e. The number of thiocarbonyl (C=S) groups is 1. The summed E-state index contributed by atoms with van der Waals surface area (Å²) >= 11 is 5.39. The fourth-order valence-corrected chi connectivity index (χ4v) is 1.95. The summed E-state index contributed by atoms with van der Waals surface area (Å²) in [5.74, 6) is 0. The highest BCUT2D eigenvalue weighted by Gasteiger charge is 2.12. The third kappa shape index (κ3) is 2.95. The number of nitro benzene ring substituents is 1. The van der Waals surface area contributed by atoms with E-state index in [2.05, 4.69) is 0 Å². The van der Waals surface area contributed by atoms with Gasteiger partial charge in [0.2, 0.25) is 0 Å². The van der Waals surface area contributed by atoms with Crippen LogP contribution in [0.15, 0.2) is 54.6 Å². The smallest absolute Gasteiger partial charge is 0.271 e. The van der Waals surface area contributed by atoms with Gasteiger partial charge in [0.1, 0.15) is 4.99 Å². The highest BCUT2D eigenvalue weighted by molar-refractivity contribution is 7.81. The van der Waals surface area contributed by atoms with Gasteiger partial charge in [-0.3, -0.25) is 10.1 Å². The van der Waals surface area contributed by atoms with E-state index >= 15 is 0 Å². The molecule has 19 heavy (non-hydrogen) atoms. The lowest BCUT2D eigenvalue weighted by atomic mass is 10.2. The molecular weight excluding hydrogens is 260 g/mol. The first kappa shape index (κ1) is 13.2. The predicted octanol–water partition coefficient (Wildman–Crippen LogP) is 3.41. The lowest BCUT2D eigenvalue weighted by Gasteiger charge is -2.20. The molecule has 4 nitrogen and oxygen atoms in total. The Hall–Kier alpha value is -2.27. The molecule has 0 bridgehead atoms. The Morgan fingerprint density at radius 3 is 2.47 bits per heavy atom. The summed E-state index contributed by atoms with van der Waals surface area (Å²) < 4.78 is 0. The number of non-ortho nitro benzene ring substituents is 1. The summed E-state index contributed by atoms with van der Waals surface area (Å²) in [7, 11) is 1.80. The number of nitro groups is 1. The van der Waals surface area contributed by atoms with Gasteiger partial charge in [0, 0.05) is 30.4 Å². The molecule has 0 radical (unpaired) electrons. The number of anilines is 1. The molecule has 0 N–H and O–H groups in total. The van der Waals surface area contributed by atoms with Gasteiger partial charge in [-0.15, -0.1) is 0 Å². The van der Waals surface area contributed by atoms with Crippen LogP contribution < -0.4 is 4.90 Å². The molecule has 0 saturated carbocycles. The van der Waals surface area contributed by atoms with Crippen LogP contribution in [0, 0.1) is 10.1 Å². The van der Waals surface area contributed by atoms with Crippen LogP contribution in [0.4, 0.5) is 11.4 Å². The van der Waals surface area contributed by atoms with Gasteiger partial charge < -0.3 is 4.90 Å². The van der Waals surface area contributed by atoms with Crippen molar-refractivity contribution in [1.82, 2.24) is 0 Å². The second-order valence-corrected chi connectivity index (χ2v) is 4.39. The zero-order valence-corrected chi connectivity index (χ0v) is 11.1. The van der Waals surface area contributed by atoms with Crippen molar-refractivity contribution in [3.05, 3.63) is 70.3 Å². The summed E-state index contributed by atoms with van der Waals surface area (Å²) in [6, 6.07) is 16.0. The Labute approximate surface area is 116 Å². The van der Waals surface area contributed by atoms with Crippen LogP contribution in [-0.2, 0) is 0 Å². The topological polar surface area (TPSA) is 46.4 Å². The number of hydrogen-bond acceptors (Lipinski definition) is 3. The number of hydrogen-bond donors (Lipinski definition) is 0. The Bertz CT molecular complexity index is 614. The minimum atomic E-state index is -0.414. The lowest BCUT2D eigenvalue weighted by Crippen LogP contribution is -2.25. The van der Waals surface area contributed by atoms with Gasteiger partial charge in [-0.05, 0) is 6.07 Å². The van der Waals surface area contributed by atoms with Crippen LogP contribution in [0.25, 0.3) is 0 Å². The molecule has 96 valence electrons. The number of benzene rings is 2. The standard InChI is InChI=1S/C14H12N2O2S/c1-15(14(19)11-6-3-2-4-7-11)12-8-5-9-13(10-12)16(17)18/h2-10H,1H3. The van der Waals surface area contributed by atoms with E-state index in [1.54, 1.807) is 24.1 Å². The van der Waals surface area contributed by atoms with E-state index in [4.69, 9.17) is 12.2 Å². The van der Waals surface area contributed by atoms with Crippen LogP contribution in [0.1, 0.15) is 5.56 Å². The predicted molar refractivity (Wildman–Crippen MR) is 79.6 cm³/mol. The summed E-state index contributed by atoms with van der Waals surface area (Å²) in [5, 5.41) is 10.8. The Kier molecular flexibility index (Phi) is 3.87.